The van der Waals surface area contributed by atoms with E-state index in [2.05, 4.69) is 15.9 Å². The van der Waals surface area contributed by atoms with Crippen LogP contribution in [-0.4, -0.2) is 16.7 Å². The van der Waals surface area contributed by atoms with E-state index in [0.717, 1.165) is 19.1 Å². The van der Waals surface area contributed by atoms with Crippen LogP contribution in [0.4, 0.5) is 8.78 Å². The van der Waals surface area contributed by atoms with E-state index in [0.29, 0.717) is 0 Å². The van der Waals surface area contributed by atoms with Crippen LogP contribution in [0.5, 0.6) is 0 Å². The fourth-order valence-corrected chi connectivity index (χ4v) is 1.69. The fourth-order valence-electron chi connectivity index (χ4n) is 1.11. The molecule has 2 atom stereocenters. The summed E-state index contributed by atoms with van der Waals surface area (Å²) in [5.74, 6) is -3.59. The van der Waals surface area contributed by atoms with Gasteiger partial charge < -0.3 is 5.11 Å². The molecule has 1 aliphatic carbocycles. The van der Waals surface area contributed by atoms with E-state index in [4.69, 9.17) is 5.11 Å². The van der Waals surface area contributed by atoms with Crippen LogP contribution >= 0.6 is 15.9 Å². The minimum absolute atomic E-state index is 0.0463. The van der Waals surface area contributed by atoms with Gasteiger partial charge in [0.2, 0.25) is 0 Å². The second kappa shape index (κ2) is 3.21. The van der Waals surface area contributed by atoms with Crippen molar-refractivity contribution in [1.29, 1.82) is 0 Å². The van der Waals surface area contributed by atoms with E-state index in [1.807, 2.05) is 0 Å². The summed E-state index contributed by atoms with van der Waals surface area (Å²) in [4.78, 5) is 10.5. The zero-order valence-corrected chi connectivity index (χ0v) is 8.31. The first-order valence-corrected chi connectivity index (χ1v) is 4.31. The molecule has 72 valence electrons. The lowest BCUT2D eigenvalue weighted by molar-refractivity contribution is -0.143. The Morgan fingerprint density at radius 2 is 2.31 bits per heavy atom. The molecular formula is C8H7BrF2O2. The lowest BCUT2D eigenvalue weighted by atomic mass is 9.87. The summed E-state index contributed by atoms with van der Waals surface area (Å²) in [5.41, 5.74) is -2.06. The molecule has 0 saturated heterocycles. The number of halogens is 3. The second-order valence-corrected chi connectivity index (χ2v) is 3.83. The number of carboxylic acid groups (broad SMARTS) is 1. The predicted molar refractivity (Wildman–Crippen MR) is 46.8 cm³/mol. The molecule has 0 aromatic heterocycles. The molecule has 2 unspecified atom stereocenters. The number of hydrogen-bond acceptors (Lipinski definition) is 1. The predicted octanol–water partition coefficient (Wildman–Crippen LogP) is 2.56. The van der Waals surface area contributed by atoms with Crippen LogP contribution in [0.15, 0.2) is 22.5 Å². The van der Waals surface area contributed by atoms with Gasteiger partial charge in [0.15, 0.2) is 0 Å². The van der Waals surface area contributed by atoms with Gasteiger partial charge in [-0.3, -0.25) is 4.79 Å². The average Bonchev–Trinajstić information content (AvgIpc) is 1.95. The summed E-state index contributed by atoms with van der Waals surface area (Å²) >= 11 is 2.79. The normalized spacial score (nSPS) is 33.7. The van der Waals surface area contributed by atoms with E-state index in [1.54, 1.807) is 0 Å². The van der Waals surface area contributed by atoms with E-state index in [9.17, 15) is 13.6 Å². The first-order valence-electron chi connectivity index (χ1n) is 3.52. The molecule has 0 radical (unpaired) electrons. The van der Waals surface area contributed by atoms with Crippen molar-refractivity contribution in [2.24, 2.45) is 5.92 Å². The molecule has 0 spiro atoms. The molecule has 1 N–H and O–H groups in total. The van der Waals surface area contributed by atoms with Gasteiger partial charge in [0.1, 0.15) is 17.4 Å². The number of rotatable bonds is 1. The molecule has 1 aliphatic rings. The smallest absolute Gasteiger partial charge is 0.314 e. The largest absolute Gasteiger partial charge is 0.481 e. The zero-order chi connectivity index (χ0) is 10.2. The summed E-state index contributed by atoms with van der Waals surface area (Å²) in [6, 6.07) is 0. The molecule has 13 heavy (non-hydrogen) atoms. The first-order chi connectivity index (χ1) is 5.84. The molecule has 0 aromatic rings. The molecule has 1 rings (SSSR count). The third-order valence-electron chi connectivity index (χ3n) is 1.82. The van der Waals surface area contributed by atoms with Gasteiger partial charge in [0, 0.05) is 0 Å². The standard InChI is InChI=1S/C8H7BrF2O2/c1-8(11)3-5(9)6(10)2-4(8)7(12)13/h2-4H,1H3,(H,12,13). The number of alkyl halides is 1. The van der Waals surface area contributed by atoms with Crippen LogP contribution in [0, 0.1) is 5.92 Å². The highest BCUT2D eigenvalue weighted by Gasteiger charge is 2.40. The third kappa shape index (κ3) is 1.96. The molecule has 0 bridgehead atoms. The van der Waals surface area contributed by atoms with Crippen molar-refractivity contribution in [3.05, 3.63) is 22.5 Å². The molecule has 0 heterocycles. The quantitative estimate of drug-likeness (QED) is 0.779. The van der Waals surface area contributed by atoms with Crippen molar-refractivity contribution in [2.45, 2.75) is 12.6 Å². The Morgan fingerprint density at radius 3 is 2.77 bits per heavy atom. The zero-order valence-electron chi connectivity index (χ0n) is 6.72. The Labute approximate surface area is 82.1 Å². The number of carbonyl (C=O) groups is 1. The highest BCUT2D eigenvalue weighted by molar-refractivity contribution is 9.11. The van der Waals surface area contributed by atoms with Gasteiger partial charge in [-0.1, -0.05) is 0 Å². The number of allylic oxidation sites excluding steroid dienone is 3. The van der Waals surface area contributed by atoms with Gasteiger partial charge in [-0.05, 0) is 35.0 Å². The summed E-state index contributed by atoms with van der Waals surface area (Å²) in [6.45, 7) is 1.09. The fraction of sp³-hybridized carbons (Fsp3) is 0.375. The van der Waals surface area contributed by atoms with Gasteiger partial charge in [-0.2, -0.15) is 0 Å². The van der Waals surface area contributed by atoms with Gasteiger partial charge in [-0.25, -0.2) is 8.78 Å². The maximum absolute atomic E-state index is 13.5. The molecule has 0 aromatic carbocycles. The maximum atomic E-state index is 13.5. The summed E-state index contributed by atoms with van der Waals surface area (Å²) in [6.07, 6.45) is 1.67. The Morgan fingerprint density at radius 1 is 1.77 bits per heavy atom. The molecule has 0 aliphatic heterocycles. The monoisotopic (exact) mass is 252 g/mol. The number of hydrogen-bond donors (Lipinski definition) is 1. The lowest BCUT2D eigenvalue weighted by Gasteiger charge is -2.25. The molecule has 0 saturated carbocycles. The molecule has 5 heteroatoms. The van der Waals surface area contributed by atoms with E-state index in [1.165, 1.54) is 0 Å². The van der Waals surface area contributed by atoms with Gasteiger partial charge in [0.25, 0.3) is 0 Å². The minimum atomic E-state index is -2.06. The van der Waals surface area contributed by atoms with Crippen LogP contribution in [0.3, 0.4) is 0 Å². The highest BCUT2D eigenvalue weighted by Crippen LogP contribution is 2.36. The third-order valence-corrected chi connectivity index (χ3v) is 2.43. The highest BCUT2D eigenvalue weighted by atomic mass is 79.9. The number of aliphatic carboxylic acids is 1. The summed E-state index contributed by atoms with van der Waals surface area (Å²) in [5, 5.41) is 8.58. The van der Waals surface area contributed by atoms with Crippen molar-refractivity contribution in [2.75, 3.05) is 0 Å². The van der Waals surface area contributed by atoms with Crippen molar-refractivity contribution in [3.63, 3.8) is 0 Å². The van der Waals surface area contributed by atoms with Crippen LogP contribution in [0.2, 0.25) is 0 Å². The van der Waals surface area contributed by atoms with Gasteiger partial charge >= 0.3 is 5.97 Å². The minimum Gasteiger partial charge on any atom is -0.481 e. The Kier molecular flexibility index (Phi) is 2.56. The first kappa shape index (κ1) is 10.4. The Hall–Kier alpha value is -0.710. The van der Waals surface area contributed by atoms with Crippen molar-refractivity contribution in [1.82, 2.24) is 0 Å². The summed E-state index contributed by atoms with van der Waals surface area (Å²) < 4.78 is 26.3. The van der Waals surface area contributed by atoms with Crippen molar-refractivity contribution >= 4 is 21.9 Å². The molecule has 0 amide bonds. The van der Waals surface area contributed by atoms with Crippen molar-refractivity contribution < 1.29 is 18.7 Å². The molecule has 2 nitrogen and oxygen atoms in total. The topological polar surface area (TPSA) is 37.3 Å². The molecular weight excluding hydrogens is 246 g/mol. The van der Waals surface area contributed by atoms with Gasteiger partial charge in [-0.15, -0.1) is 0 Å². The number of carboxylic acids is 1. The van der Waals surface area contributed by atoms with Crippen LogP contribution in [0.1, 0.15) is 6.92 Å². The van der Waals surface area contributed by atoms with E-state index < -0.39 is 23.4 Å². The molecule has 0 fully saturated rings. The van der Waals surface area contributed by atoms with Crippen LogP contribution in [-0.2, 0) is 4.79 Å². The maximum Gasteiger partial charge on any atom is 0.314 e. The average molecular weight is 253 g/mol. The van der Waals surface area contributed by atoms with E-state index in [-0.39, 0.29) is 4.48 Å². The SMILES string of the molecule is CC1(F)C=C(Br)C(F)=CC1C(=O)O. The Bertz CT molecular complexity index is 307. The van der Waals surface area contributed by atoms with E-state index >= 15 is 0 Å². The van der Waals surface area contributed by atoms with Crippen molar-refractivity contribution in [3.8, 4) is 0 Å². The van der Waals surface area contributed by atoms with Gasteiger partial charge in [0.05, 0.1) is 4.48 Å². The Balaban J connectivity index is 3.09. The van der Waals surface area contributed by atoms with Crippen LogP contribution in [0.25, 0.3) is 0 Å². The lowest BCUT2D eigenvalue weighted by Crippen LogP contribution is -2.34. The van der Waals surface area contributed by atoms with Crippen LogP contribution < -0.4 is 0 Å². The summed E-state index contributed by atoms with van der Waals surface area (Å²) in [7, 11) is 0. The second-order valence-electron chi connectivity index (χ2n) is 2.97.